The molecule has 0 spiro atoms. The fourth-order valence-corrected chi connectivity index (χ4v) is 6.44. The summed E-state index contributed by atoms with van der Waals surface area (Å²) >= 11 is 0. The molecule has 0 amide bonds. The van der Waals surface area contributed by atoms with Crippen LogP contribution in [-0.2, 0) is 32.0 Å². The number of aromatic hydroxyl groups is 2. The molecule has 1 heterocycles. The van der Waals surface area contributed by atoms with Crippen LogP contribution in [0.15, 0.2) is 54.6 Å². The quantitative estimate of drug-likeness (QED) is 0.246. The molecule has 5 N–H and O–H groups in total. The lowest BCUT2D eigenvalue weighted by molar-refractivity contribution is -0.254. The number of ketones is 3. The van der Waals surface area contributed by atoms with Crippen molar-refractivity contribution in [1.82, 2.24) is 0 Å². The van der Waals surface area contributed by atoms with Crippen molar-refractivity contribution >= 4 is 17.3 Å². The van der Waals surface area contributed by atoms with E-state index >= 15 is 0 Å². The minimum atomic E-state index is -1.97. The number of aliphatic hydroxyl groups is 1. The van der Waals surface area contributed by atoms with Gasteiger partial charge in [0.1, 0.15) is 17.1 Å². The van der Waals surface area contributed by atoms with E-state index in [0.717, 1.165) is 5.56 Å². The van der Waals surface area contributed by atoms with Crippen LogP contribution in [0, 0.1) is 0 Å². The van der Waals surface area contributed by atoms with E-state index in [2.05, 4.69) is 0 Å². The van der Waals surface area contributed by atoms with Crippen molar-refractivity contribution < 1.29 is 43.9 Å². The number of phenolic OH excluding ortho intramolecular Hbond substituents is 2. The largest absolute Gasteiger partial charge is 0.507 e. The maximum absolute atomic E-state index is 13.5. The van der Waals surface area contributed by atoms with Crippen LogP contribution in [0.4, 0.5) is 0 Å². The monoisotopic (exact) mass is 587 g/mol. The number of phenols is 2. The summed E-state index contributed by atoms with van der Waals surface area (Å²) in [6.45, 7) is 3.35. The third kappa shape index (κ3) is 4.95. The fraction of sp³-hybridized carbons (Fsp3) is 0.364. The molecule has 0 aromatic heterocycles. The predicted octanol–water partition coefficient (Wildman–Crippen LogP) is 3.24. The topological polar surface area (TPSA) is 166 Å². The first-order chi connectivity index (χ1) is 20.5. The van der Waals surface area contributed by atoms with E-state index in [1.165, 1.54) is 19.1 Å². The molecule has 10 nitrogen and oxygen atoms in total. The van der Waals surface area contributed by atoms with Gasteiger partial charge >= 0.3 is 0 Å². The Kier molecular flexibility index (Phi) is 7.44. The van der Waals surface area contributed by atoms with Gasteiger partial charge in [-0.05, 0) is 19.4 Å². The Hall–Kier alpha value is -3.93. The predicted molar refractivity (Wildman–Crippen MR) is 153 cm³/mol. The zero-order chi connectivity index (χ0) is 30.6. The van der Waals surface area contributed by atoms with E-state index in [1.807, 2.05) is 30.3 Å². The second kappa shape index (κ2) is 11.0. The number of hydrogen-bond acceptors (Lipinski definition) is 10. The van der Waals surface area contributed by atoms with E-state index in [9.17, 15) is 29.7 Å². The molecule has 0 bridgehead atoms. The summed E-state index contributed by atoms with van der Waals surface area (Å²) in [6, 6.07) is 15.3. The Morgan fingerprint density at radius 3 is 2.21 bits per heavy atom. The molecule has 0 radical (unpaired) electrons. The van der Waals surface area contributed by atoms with Gasteiger partial charge in [-0.25, -0.2) is 0 Å². The maximum Gasteiger partial charge on any atom is 0.198 e. The molecule has 1 fully saturated rings. The highest BCUT2D eigenvalue weighted by Crippen LogP contribution is 2.52. The summed E-state index contributed by atoms with van der Waals surface area (Å²) in [7, 11) is 0. The summed E-state index contributed by atoms with van der Waals surface area (Å²) in [5.74, 6) is -2.97. The molecule has 3 aromatic rings. The summed E-state index contributed by atoms with van der Waals surface area (Å²) in [5.41, 5.74) is 4.96. The van der Waals surface area contributed by atoms with Gasteiger partial charge in [-0.3, -0.25) is 14.4 Å². The van der Waals surface area contributed by atoms with Crippen molar-refractivity contribution in [3.05, 3.63) is 93.5 Å². The van der Waals surface area contributed by atoms with Crippen molar-refractivity contribution in [3.8, 4) is 11.5 Å². The number of hydrogen-bond donors (Lipinski definition) is 4. The molecular formula is C33H33NO9. The first-order valence-corrected chi connectivity index (χ1v) is 14.2. The number of carbonyl (C=O) groups excluding carboxylic acids is 3. The van der Waals surface area contributed by atoms with Gasteiger partial charge in [0, 0.05) is 47.6 Å². The molecule has 1 aliphatic heterocycles. The molecule has 224 valence electrons. The Bertz CT molecular complexity index is 1610. The van der Waals surface area contributed by atoms with Crippen LogP contribution in [0.25, 0.3) is 0 Å². The van der Waals surface area contributed by atoms with Gasteiger partial charge in [0.25, 0.3) is 0 Å². The van der Waals surface area contributed by atoms with Crippen LogP contribution < -0.4 is 5.73 Å². The summed E-state index contributed by atoms with van der Waals surface area (Å²) < 4.78 is 18.5. The van der Waals surface area contributed by atoms with Crippen LogP contribution in [0.1, 0.15) is 81.3 Å². The number of Topliss-reactive ketones (excluding diaryl/α,β-unsaturated/α-hetero) is 1. The Morgan fingerprint density at radius 2 is 1.60 bits per heavy atom. The molecule has 3 aromatic carbocycles. The zero-order valence-corrected chi connectivity index (χ0v) is 23.8. The molecule has 0 saturated carbocycles. The minimum absolute atomic E-state index is 0.0231. The highest BCUT2D eigenvalue weighted by Gasteiger charge is 2.49. The summed E-state index contributed by atoms with van der Waals surface area (Å²) in [5, 5.41) is 34.3. The minimum Gasteiger partial charge on any atom is -0.507 e. The summed E-state index contributed by atoms with van der Waals surface area (Å²) in [4.78, 5) is 39.6. The van der Waals surface area contributed by atoms with Gasteiger partial charge in [-0.15, -0.1) is 0 Å². The average Bonchev–Trinajstić information content (AvgIpc) is 2.97. The lowest BCUT2D eigenvalue weighted by atomic mass is 9.72. The lowest BCUT2D eigenvalue weighted by Gasteiger charge is -2.43. The van der Waals surface area contributed by atoms with Crippen LogP contribution in [0.2, 0.25) is 0 Å². The first-order valence-electron chi connectivity index (χ1n) is 14.2. The molecule has 10 heteroatoms. The van der Waals surface area contributed by atoms with Gasteiger partial charge in [0.2, 0.25) is 0 Å². The van der Waals surface area contributed by atoms with E-state index in [4.69, 9.17) is 19.9 Å². The SMILES string of the molecule is CC(=O)[C@]1(O)Cc2c(O)c3c(c(O)c2[C@@H](O[C@H]2C[C@H](N)[C@H](OCc4ccccc4)[C@H](C)O2)C1)C(=O)c1ccccc1C3=O. The average molecular weight is 588 g/mol. The van der Waals surface area contributed by atoms with Crippen LogP contribution in [-0.4, -0.2) is 62.8 Å². The van der Waals surface area contributed by atoms with Crippen molar-refractivity contribution in [2.75, 3.05) is 0 Å². The van der Waals surface area contributed by atoms with Gasteiger partial charge in [0.05, 0.1) is 36.0 Å². The van der Waals surface area contributed by atoms with Crippen molar-refractivity contribution in [2.45, 2.75) is 76.0 Å². The van der Waals surface area contributed by atoms with E-state index in [0.29, 0.717) is 6.61 Å². The Labute approximate surface area is 248 Å². The lowest BCUT2D eigenvalue weighted by Crippen LogP contribution is -2.53. The Balaban J connectivity index is 1.33. The highest BCUT2D eigenvalue weighted by molar-refractivity contribution is 6.30. The van der Waals surface area contributed by atoms with Crippen molar-refractivity contribution in [1.29, 1.82) is 0 Å². The third-order valence-corrected chi connectivity index (χ3v) is 8.75. The van der Waals surface area contributed by atoms with Gasteiger partial charge in [0.15, 0.2) is 23.6 Å². The number of nitrogens with two attached hydrogens (primary N) is 1. The Morgan fingerprint density at radius 1 is 1.00 bits per heavy atom. The standard InChI is InChI=1S/C33H33NO9/c1-16-32(41-15-18-8-4-3-5-9-18)22(34)12-24(42-16)43-23-14-33(40,17(2)35)13-21-25(23)31(39)27-26(30(21)38)28(36)19-10-6-7-11-20(19)29(27)37/h3-11,16,22-24,32,38-40H,12-15,34H2,1-2H3/t16-,22-,23-,24-,32+,33-/m0/s1. The number of fused-ring (bicyclic) bond motifs is 3. The number of carbonyl (C=O) groups is 3. The third-order valence-electron chi connectivity index (χ3n) is 8.75. The second-order valence-electron chi connectivity index (χ2n) is 11.6. The smallest absolute Gasteiger partial charge is 0.198 e. The normalized spacial score (nSPS) is 28.1. The zero-order valence-electron chi connectivity index (χ0n) is 23.8. The summed E-state index contributed by atoms with van der Waals surface area (Å²) in [6.07, 6.45) is -3.52. The molecule has 6 atom stereocenters. The van der Waals surface area contributed by atoms with Gasteiger partial charge in [-0.1, -0.05) is 54.6 Å². The number of benzene rings is 3. The molecule has 43 heavy (non-hydrogen) atoms. The first kappa shape index (κ1) is 29.2. The molecular weight excluding hydrogens is 554 g/mol. The van der Waals surface area contributed by atoms with Crippen LogP contribution in [0.3, 0.4) is 0 Å². The molecule has 2 aliphatic carbocycles. The van der Waals surface area contributed by atoms with E-state index in [-0.39, 0.29) is 52.6 Å². The van der Waals surface area contributed by atoms with E-state index in [1.54, 1.807) is 19.1 Å². The maximum atomic E-state index is 13.5. The molecule has 1 saturated heterocycles. The number of ether oxygens (including phenoxy) is 3. The second-order valence-corrected chi connectivity index (χ2v) is 11.6. The fourth-order valence-electron chi connectivity index (χ4n) is 6.44. The molecule has 3 aliphatic rings. The van der Waals surface area contributed by atoms with Gasteiger partial charge < -0.3 is 35.3 Å². The van der Waals surface area contributed by atoms with Crippen molar-refractivity contribution in [3.63, 3.8) is 0 Å². The molecule has 6 rings (SSSR count). The van der Waals surface area contributed by atoms with E-state index < -0.39 is 65.1 Å². The molecule has 0 unspecified atom stereocenters. The van der Waals surface area contributed by atoms with Crippen molar-refractivity contribution in [2.24, 2.45) is 5.73 Å². The van der Waals surface area contributed by atoms with Crippen LogP contribution in [0.5, 0.6) is 11.5 Å². The number of rotatable bonds is 6. The van der Waals surface area contributed by atoms with Crippen LogP contribution >= 0.6 is 0 Å². The van der Waals surface area contributed by atoms with Gasteiger partial charge in [-0.2, -0.15) is 0 Å². The highest BCUT2D eigenvalue weighted by atomic mass is 16.7.